The molecule has 2 amide bonds. The number of nitrogens with one attached hydrogen (secondary N) is 1. The van der Waals surface area contributed by atoms with Crippen LogP contribution in [0.4, 0.5) is 4.79 Å². The lowest BCUT2D eigenvalue weighted by molar-refractivity contribution is -0.148. The van der Waals surface area contributed by atoms with Crippen LogP contribution in [0.2, 0.25) is 0 Å². The van der Waals surface area contributed by atoms with Gasteiger partial charge < -0.3 is 15.3 Å². The van der Waals surface area contributed by atoms with Gasteiger partial charge in [-0.1, -0.05) is 13.0 Å². The predicted molar refractivity (Wildman–Crippen MR) is 77.8 cm³/mol. The number of amides is 2. The van der Waals surface area contributed by atoms with Crippen LogP contribution in [0.1, 0.15) is 37.6 Å². The quantitative estimate of drug-likeness (QED) is 0.888. The first kappa shape index (κ1) is 15.3. The van der Waals surface area contributed by atoms with Crippen molar-refractivity contribution >= 4 is 12.0 Å². The fraction of sp³-hybridized carbons (Fsp3) is 0.533. The normalized spacial score (nSPS) is 21.3. The Kier molecular flexibility index (Phi) is 4.45. The minimum atomic E-state index is -1.07. The highest BCUT2D eigenvalue weighted by molar-refractivity contribution is 5.87. The summed E-state index contributed by atoms with van der Waals surface area (Å²) in [5, 5.41) is 12.2. The number of hydrogen-bond donors (Lipinski definition) is 2. The van der Waals surface area contributed by atoms with Crippen LogP contribution in [0.3, 0.4) is 0 Å². The summed E-state index contributed by atoms with van der Waals surface area (Å²) in [5.74, 6) is -0.925. The fourth-order valence-electron chi connectivity index (χ4n) is 2.88. The highest BCUT2D eigenvalue weighted by Crippen LogP contribution is 2.32. The van der Waals surface area contributed by atoms with Crippen molar-refractivity contribution in [3.63, 3.8) is 0 Å². The second kappa shape index (κ2) is 6.11. The zero-order chi connectivity index (χ0) is 15.5. The van der Waals surface area contributed by atoms with Crippen LogP contribution in [-0.4, -0.2) is 39.1 Å². The van der Waals surface area contributed by atoms with E-state index in [4.69, 9.17) is 0 Å². The molecule has 2 heterocycles. The van der Waals surface area contributed by atoms with Gasteiger partial charge in [-0.05, 0) is 38.3 Å². The summed E-state index contributed by atoms with van der Waals surface area (Å²) < 4.78 is 0. The van der Waals surface area contributed by atoms with E-state index in [1.165, 1.54) is 4.90 Å². The Balaban J connectivity index is 2.04. The third-order valence-corrected chi connectivity index (χ3v) is 4.08. The molecule has 0 bridgehead atoms. The SMILES string of the molecule is CCC1(C(=O)O)CCCN1C(=O)NCc1cccc(C)n1. The molecule has 0 radical (unpaired) electrons. The number of aromatic nitrogens is 1. The molecule has 2 rings (SSSR count). The minimum absolute atomic E-state index is 0.302. The molecule has 1 aromatic rings. The number of pyridine rings is 1. The van der Waals surface area contributed by atoms with Crippen LogP contribution < -0.4 is 5.32 Å². The minimum Gasteiger partial charge on any atom is -0.479 e. The van der Waals surface area contributed by atoms with E-state index in [1.54, 1.807) is 0 Å². The number of carbonyl (C=O) groups is 2. The van der Waals surface area contributed by atoms with E-state index in [0.717, 1.165) is 17.8 Å². The van der Waals surface area contributed by atoms with Gasteiger partial charge in [0.05, 0.1) is 12.2 Å². The lowest BCUT2D eigenvalue weighted by Gasteiger charge is -2.33. The molecule has 114 valence electrons. The Morgan fingerprint density at radius 1 is 1.48 bits per heavy atom. The number of carbonyl (C=O) groups excluding carboxylic acids is 1. The maximum atomic E-state index is 12.3. The first-order valence-corrected chi connectivity index (χ1v) is 7.21. The Hall–Kier alpha value is -2.11. The van der Waals surface area contributed by atoms with E-state index in [9.17, 15) is 14.7 Å². The molecule has 21 heavy (non-hydrogen) atoms. The largest absolute Gasteiger partial charge is 0.479 e. The average molecular weight is 291 g/mol. The van der Waals surface area contributed by atoms with Crippen molar-refractivity contribution in [3.8, 4) is 0 Å². The third kappa shape index (κ3) is 2.99. The number of urea groups is 1. The summed E-state index contributed by atoms with van der Waals surface area (Å²) >= 11 is 0. The van der Waals surface area contributed by atoms with Crippen LogP contribution in [-0.2, 0) is 11.3 Å². The van der Waals surface area contributed by atoms with Gasteiger partial charge in [0.15, 0.2) is 0 Å². The number of carboxylic acids is 1. The number of hydrogen-bond acceptors (Lipinski definition) is 3. The van der Waals surface area contributed by atoms with Gasteiger partial charge in [0.25, 0.3) is 0 Å². The van der Waals surface area contributed by atoms with Gasteiger partial charge in [-0.15, -0.1) is 0 Å². The van der Waals surface area contributed by atoms with Crippen LogP contribution in [0, 0.1) is 6.92 Å². The zero-order valence-corrected chi connectivity index (χ0v) is 12.4. The van der Waals surface area contributed by atoms with Crippen molar-refractivity contribution in [3.05, 3.63) is 29.6 Å². The van der Waals surface area contributed by atoms with E-state index >= 15 is 0 Å². The monoisotopic (exact) mass is 291 g/mol. The smallest absolute Gasteiger partial charge is 0.329 e. The highest BCUT2D eigenvalue weighted by Gasteiger charge is 2.48. The molecular weight excluding hydrogens is 270 g/mol. The van der Waals surface area contributed by atoms with E-state index in [-0.39, 0.29) is 6.03 Å². The lowest BCUT2D eigenvalue weighted by atomic mass is 9.93. The molecule has 0 aromatic carbocycles. The van der Waals surface area contributed by atoms with E-state index < -0.39 is 11.5 Å². The maximum Gasteiger partial charge on any atom is 0.329 e. The summed E-state index contributed by atoms with van der Waals surface area (Å²) in [6, 6.07) is 5.27. The first-order valence-electron chi connectivity index (χ1n) is 7.21. The van der Waals surface area contributed by atoms with Gasteiger partial charge in [-0.2, -0.15) is 0 Å². The second-order valence-electron chi connectivity index (χ2n) is 5.37. The van der Waals surface area contributed by atoms with Crippen LogP contribution in [0.5, 0.6) is 0 Å². The standard InChI is InChI=1S/C15H21N3O3/c1-3-15(13(19)20)8-5-9-18(15)14(21)16-10-12-7-4-6-11(2)17-12/h4,6-7H,3,5,8-10H2,1-2H3,(H,16,21)(H,19,20). The number of likely N-dealkylation sites (tertiary alicyclic amines) is 1. The van der Waals surface area contributed by atoms with Crippen LogP contribution in [0.25, 0.3) is 0 Å². The molecule has 1 unspecified atom stereocenters. The molecule has 1 aliphatic rings. The lowest BCUT2D eigenvalue weighted by Crippen LogP contribution is -2.55. The number of nitrogens with zero attached hydrogens (tertiary/aromatic N) is 2. The van der Waals surface area contributed by atoms with Crippen molar-refractivity contribution in [1.82, 2.24) is 15.2 Å². The molecule has 0 aliphatic carbocycles. The van der Waals surface area contributed by atoms with Crippen molar-refractivity contribution < 1.29 is 14.7 Å². The Morgan fingerprint density at radius 3 is 2.86 bits per heavy atom. The van der Waals surface area contributed by atoms with E-state index in [2.05, 4.69) is 10.3 Å². The van der Waals surface area contributed by atoms with E-state index in [1.807, 2.05) is 32.0 Å². The van der Waals surface area contributed by atoms with Crippen molar-refractivity contribution in [2.75, 3.05) is 6.54 Å². The molecule has 1 saturated heterocycles. The van der Waals surface area contributed by atoms with Crippen LogP contribution >= 0.6 is 0 Å². The molecule has 2 N–H and O–H groups in total. The summed E-state index contributed by atoms with van der Waals surface area (Å²) in [6.45, 7) is 4.48. The fourth-order valence-corrected chi connectivity index (χ4v) is 2.88. The topological polar surface area (TPSA) is 82.5 Å². The molecule has 6 nitrogen and oxygen atoms in total. The van der Waals surface area contributed by atoms with Crippen molar-refractivity contribution in [2.45, 2.75) is 45.2 Å². The average Bonchev–Trinajstić information content (AvgIpc) is 2.90. The van der Waals surface area contributed by atoms with E-state index in [0.29, 0.717) is 25.9 Å². The Bertz CT molecular complexity index is 547. The summed E-state index contributed by atoms with van der Waals surface area (Å²) in [6.07, 6.45) is 1.64. The van der Waals surface area contributed by atoms with Gasteiger partial charge in [-0.3, -0.25) is 4.98 Å². The number of aryl methyl sites for hydroxylation is 1. The Morgan fingerprint density at radius 2 is 2.24 bits per heavy atom. The molecular formula is C15H21N3O3. The molecule has 0 saturated carbocycles. The summed E-state index contributed by atoms with van der Waals surface area (Å²) in [4.78, 5) is 29.6. The molecule has 1 atom stereocenters. The third-order valence-electron chi connectivity index (χ3n) is 4.08. The Labute approximate surface area is 124 Å². The molecule has 6 heteroatoms. The number of aliphatic carboxylic acids is 1. The van der Waals surface area contributed by atoms with Gasteiger partial charge in [0.1, 0.15) is 5.54 Å². The van der Waals surface area contributed by atoms with Crippen molar-refractivity contribution in [1.29, 1.82) is 0 Å². The zero-order valence-electron chi connectivity index (χ0n) is 12.4. The van der Waals surface area contributed by atoms with Gasteiger partial charge in [-0.25, -0.2) is 9.59 Å². The van der Waals surface area contributed by atoms with Crippen molar-refractivity contribution in [2.24, 2.45) is 0 Å². The predicted octanol–water partition coefficient (Wildman–Crippen LogP) is 1.93. The van der Waals surface area contributed by atoms with Gasteiger partial charge >= 0.3 is 12.0 Å². The summed E-state index contributed by atoms with van der Waals surface area (Å²) in [7, 11) is 0. The molecule has 1 fully saturated rings. The summed E-state index contributed by atoms with van der Waals surface area (Å²) in [5.41, 5.74) is 0.584. The molecule has 0 spiro atoms. The molecule has 1 aromatic heterocycles. The van der Waals surface area contributed by atoms with Gasteiger partial charge in [0, 0.05) is 12.2 Å². The second-order valence-corrected chi connectivity index (χ2v) is 5.37. The number of carboxylic acid groups (broad SMARTS) is 1. The first-order chi connectivity index (χ1) is 9.99. The van der Waals surface area contributed by atoms with Crippen LogP contribution in [0.15, 0.2) is 18.2 Å². The highest BCUT2D eigenvalue weighted by atomic mass is 16.4. The number of rotatable bonds is 4. The van der Waals surface area contributed by atoms with Gasteiger partial charge in [0.2, 0.25) is 0 Å². The molecule has 1 aliphatic heterocycles. The maximum absolute atomic E-state index is 12.3.